The van der Waals surface area contributed by atoms with E-state index in [0.29, 0.717) is 27.3 Å². The van der Waals surface area contributed by atoms with Gasteiger partial charge in [0.2, 0.25) is 5.91 Å². The molecule has 8 nitrogen and oxygen atoms in total. The highest BCUT2D eigenvalue weighted by molar-refractivity contribution is 7.99. The number of esters is 1. The minimum Gasteiger partial charge on any atom is -0.483 e. The molecule has 1 aliphatic rings. The predicted molar refractivity (Wildman–Crippen MR) is 143 cm³/mol. The Morgan fingerprint density at radius 3 is 2.61 bits per heavy atom. The zero-order valence-corrected chi connectivity index (χ0v) is 23.3. The first-order chi connectivity index (χ1) is 17.2. The number of fused-ring (bicyclic) bond motifs is 1. The molecule has 3 aromatic rings. The number of thiophene rings is 1. The lowest BCUT2D eigenvalue weighted by Gasteiger charge is -2.16. The third-order valence-electron chi connectivity index (χ3n) is 6.10. The predicted octanol–water partition coefficient (Wildman–Crippen LogP) is 5.68. The molecule has 2 heterocycles. The third-order valence-corrected chi connectivity index (χ3v) is 8.92. The molecule has 11 heteroatoms. The Bertz CT molecular complexity index is 1280. The molecule has 0 bridgehead atoms. The number of rotatable bonds is 8. The van der Waals surface area contributed by atoms with Crippen LogP contribution in [-0.2, 0) is 29.4 Å². The van der Waals surface area contributed by atoms with E-state index in [0.717, 1.165) is 52.3 Å². The van der Waals surface area contributed by atoms with Gasteiger partial charge in [0.05, 0.1) is 18.4 Å². The molecule has 4 rings (SSSR count). The largest absolute Gasteiger partial charge is 0.483 e. The van der Waals surface area contributed by atoms with Crippen LogP contribution >= 0.6 is 34.7 Å². The zero-order chi connectivity index (χ0) is 26.0. The van der Waals surface area contributed by atoms with Crippen molar-refractivity contribution in [2.24, 2.45) is 7.05 Å². The summed E-state index contributed by atoms with van der Waals surface area (Å²) >= 11 is 9.01. The molecular weight excluding hydrogens is 520 g/mol. The highest BCUT2D eigenvalue weighted by atomic mass is 35.5. The van der Waals surface area contributed by atoms with E-state index in [1.807, 2.05) is 44.5 Å². The Balaban J connectivity index is 1.41. The van der Waals surface area contributed by atoms with Crippen molar-refractivity contribution in [1.29, 1.82) is 0 Å². The average Bonchev–Trinajstić information content (AvgIpc) is 3.40. The summed E-state index contributed by atoms with van der Waals surface area (Å²) < 4.78 is 12.9. The second kappa shape index (κ2) is 11.2. The Morgan fingerprint density at radius 2 is 1.92 bits per heavy atom. The van der Waals surface area contributed by atoms with Crippen LogP contribution in [0.5, 0.6) is 5.75 Å². The quantitative estimate of drug-likeness (QED) is 0.285. The van der Waals surface area contributed by atoms with Crippen LogP contribution in [0.3, 0.4) is 0 Å². The number of thioether (sulfide) groups is 1. The van der Waals surface area contributed by atoms with Crippen LogP contribution < -0.4 is 10.1 Å². The molecule has 1 N–H and O–H groups in total. The van der Waals surface area contributed by atoms with Crippen LogP contribution in [0.1, 0.15) is 63.6 Å². The lowest BCUT2D eigenvalue weighted by atomic mass is 9.95. The second-order valence-corrected chi connectivity index (χ2v) is 11.2. The van der Waals surface area contributed by atoms with Crippen molar-refractivity contribution in [3.8, 4) is 5.75 Å². The van der Waals surface area contributed by atoms with Crippen molar-refractivity contribution >= 4 is 51.6 Å². The van der Waals surface area contributed by atoms with E-state index in [-0.39, 0.29) is 17.8 Å². The number of halogens is 1. The molecule has 192 valence electrons. The summed E-state index contributed by atoms with van der Waals surface area (Å²) in [6.07, 6.45) is 3.52. The number of carbonyl (C=O) groups is 2. The molecule has 1 amide bonds. The van der Waals surface area contributed by atoms with E-state index in [2.05, 4.69) is 15.5 Å². The molecule has 0 saturated carbocycles. The lowest BCUT2D eigenvalue weighted by molar-refractivity contribution is -0.113. The number of carbonyl (C=O) groups excluding carboxylic acids is 2. The Labute approximate surface area is 223 Å². The molecule has 0 saturated heterocycles. The van der Waals surface area contributed by atoms with E-state index >= 15 is 0 Å². The van der Waals surface area contributed by atoms with Crippen molar-refractivity contribution in [2.45, 2.75) is 57.7 Å². The van der Waals surface area contributed by atoms with Gasteiger partial charge in [0.25, 0.3) is 0 Å². The minimum absolute atomic E-state index is 0.125. The second-order valence-electron chi connectivity index (χ2n) is 8.77. The van der Waals surface area contributed by atoms with Crippen LogP contribution in [0.2, 0.25) is 5.02 Å². The molecule has 0 radical (unpaired) electrons. The van der Waals surface area contributed by atoms with Crippen LogP contribution in [0.25, 0.3) is 0 Å². The van der Waals surface area contributed by atoms with Crippen LogP contribution in [0.15, 0.2) is 17.3 Å². The maximum atomic E-state index is 12.8. The molecule has 1 atom stereocenters. The first-order valence-electron chi connectivity index (χ1n) is 11.7. The number of methoxy groups -OCH3 is 1. The molecule has 1 aliphatic carbocycles. The van der Waals surface area contributed by atoms with Crippen molar-refractivity contribution in [3.63, 3.8) is 0 Å². The van der Waals surface area contributed by atoms with E-state index < -0.39 is 5.97 Å². The number of aromatic nitrogens is 3. The maximum absolute atomic E-state index is 12.8. The Kier molecular flexibility index (Phi) is 8.27. The minimum atomic E-state index is -0.407. The molecule has 1 unspecified atom stereocenters. The number of nitrogens with one attached hydrogen (secondary N) is 1. The molecule has 0 spiro atoms. The third kappa shape index (κ3) is 5.55. The van der Waals surface area contributed by atoms with Gasteiger partial charge in [-0.3, -0.25) is 4.79 Å². The van der Waals surface area contributed by atoms with Crippen LogP contribution in [0, 0.1) is 13.8 Å². The number of aryl methyl sites for hydroxylation is 3. The lowest BCUT2D eigenvalue weighted by Crippen LogP contribution is -2.17. The summed E-state index contributed by atoms with van der Waals surface area (Å²) in [5.74, 6) is 0.848. The van der Waals surface area contributed by atoms with Gasteiger partial charge < -0.3 is 19.4 Å². The summed E-state index contributed by atoms with van der Waals surface area (Å²) in [5, 5.41) is 13.3. The molecular formula is C25H29ClN4O4S2. The molecule has 2 aromatic heterocycles. The molecule has 36 heavy (non-hydrogen) atoms. The molecule has 1 aromatic carbocycles. The number of anilines is 1. The summed E-state index contributed by atoms with van der Waals surface area (Å²) in [6.45, 7) is 5.78. The van der Waals surface area contributed by atoms with E-state index in [1.54, 1.807) is 0 Å². The van der Waals surface area contributed by atoms with Crippen molar-refractivity contribution in [1.82, 2.24) is 14.8 Å². The van der Waals surface area contributed by atoms with E-state index in [9.17, 15) is 9.59 Å². The first-order valence-corrected chi connectivity index (χ1v) is 13.9. The fourth-order valence-electron chi connectivity index (χ4n) is 4.30. The monoisotopic (exact) mass is 548 g/mol. The smallest absolute Gasteiger partial charge is 0.341 e. The number of nitrogens with zero attached hydrogens (tertiary/aromatic N) is 3. The fraction of sp³-hybridized carbons (Fsp3) is 0.440. The van der Waals surface area contributed by atoms with Gasteiger partial charge in [-0.25, -0.2) is 4.79 Å². The van der Waals surface area contributed by atoms with Gasteiger partial charge in [-0.05, 0) is 75.3 Å². The normalized spacial score (nSPS) is 13.7. The fourth-order valence-corrected chi connectivity index (χ4v) is 6.42. The van der Waals surface area contributed by atoms with Gasteiger partial charge in [0.1, 0.15) is 10.8 Å². The van der Waals surface area contributed by atoms with Crippen LogP contribution in [-0.4, -0.2) is 39.5 Å². The Hall–Kier alpha value is -2.56. The van der Waals surface area contributed by atoms with Gasteiger partial charge in [-0.2, -0.15) is 0 Å². The van der Waals surface area contributed by atoms with Crippen molar-refractivity contribution in [3.05, 3.63) is 50.1 Å². The van der Waals surface area contributed by atoms with Gasteiger partial charge in [0, 0.05) is 16.9 Å². The number of ether oxygens (including phenoxy) is 2. The van der Waals surface area contributed by atoms with Gasteiger partial charge >= 0.3 is 5.97 Å². The maximum Gasteiger partial charge on any atom is 0.341 e. The van der Waals surface area contributed by atoms with Crippen molar-refractivity contribution < 1.29 is 19.1 Å². The average molecular weight is 549 g/mol. The highest BCUT2D eigenvalue weighted by Gasteiger charge is 2.27. The van der Waals surface area contributed by atoms with E-state index in [1.165, 1.54) is 30.2 Å². The summed E-state index contributed by atoms with van der Waals surface area (Å²) in [7, 11) is 3.21. The SMILES string of the molecule is COC(=O)c1c(NC(=O)CSc2nnc(C(C)Oc3cc(C)c(Cl)c(C)c3)n2C)sc2c1CCCC2. The van der Waals surface area contributed by atoms with Gasteiger partial charge in [-0.1, -0.05) is 23.4 Å². The topological polar surface area (TPSA) is 95.3 Å². The summed E-state index contributed by atoms with van der Waals surface area (Å²) in [6, 6.07) is 3.79. The van der Waals surface area contributed by atoms with Crippen molar-refractivity contribution in [2.75, 3.05) is 18.2 Å². The van der Waals surface area contributed by atoms with Gasteiger partial charge in [-0.15, -0.1) is 21.5 Å². The molecule has 0 fully saturated rings. The van der Waals surface area contributed by atoms with Gasteiger partial charge in [0.15, 0.2) is 17.1 Å². The Morgan fingerprint density at radius 1 is 1.22 bits per heavy atom. The number of hydrogen-bond acceptors (Lipinski definition) is 8. The highest BCUT2D eigenvalue weighted by Crippen LogP contribution is 2.38. The summed E-state index contributed by atoms with van der Waals surface area (Å²) in [4.78, 5) is 26.3. The zero-order valence-electron chi connectivity index (χ0n) is 20.9. The summed E-state index contributed by atoms with van der Waals surface area (Å²) in [5.41, 5.74) is 3.40. The van der Waals surface area contributed by atoms with Crippen LogP contribution in [0.4, 0.5) is 5.00 Å². The number of amides is 1. The molecule has 0 aliphatic heterocycles. The number of hydrogen-bond donors (Lipinski definition) is 1. The first kappa shape index (κ1) is 26.5. The van der Waals surface area contributed by atoms with E-state index in [4.69, 9.17) is 21.1 Å². The number of benzene rings is 1. The standard InChI is InChI=1S/C25H29ClN4O4S2/c1-13-10-16(11-14(2)21(13)26)34-15(3)22-28-29-25(30(22)4)35-12-19(31)27-23-20(24(32)33-5)17-8-6-7-9-18(17)36-23/h10-11,15H,6-9,12H2,1-5H3,(H,27,31).